The van der Waals surface area contributed by atoms with E-state index in [1.807, 2.05) is 23.9 Å². The molecular formula is C18H14ClNS. The summed E-state index contributed by atoms with van der Waals surface area (Å²) in [7, 11) is 0. The second-order valence-electron chi connectivity index (χ2n) is 5.20. The van der Waals surface area contributed by atoms with Crippen LogP contribution in [0.5, 0.6) is 0 Å². The van der Waals surface area contributed by atoms with Crippen LogP contribution in [-0.2, 0) is 0 Å². The Kier molecular flexibility index (Phi) is 3.28. The standard InChI is InChI=1S/C18H14ClNS/c19-14-8-5-13(6-9-14)17-11-20-18-15-4-2-1-3-12(15)7-10-16(18)21-17/h1-10,17,20H,11H2. The van der Waals surface area contributed by atoms with Gasteiger partial charge in [0.15, 0.2) is 0 Å². The highest BCUT2D eigenvalue weighted by atomic mass is 35.5. The van der Waals surface area contributed by atoms with E-state index in [0.717, 1.165) is 11.6 Å². The number of rotatable bonds is 1. The fraction of sp³-hybridized carbons (Fsp3) is 0.111. The molecule has 0 fully saturated rings. The summed E-state index contributed by atoms with van der Waals surface area (Å²) in [6.45, 7) is 0.938. The molecule has 21 heavy (non-hydrogen) atoms. The molecule has 1 N–H and O–H groups in total. The van der Waals surface area contributed by atoms with Gasteiger partial charge in [0.2, 0.25) is 0 Å². The second kappa shape index (κ2) is 5.28. The molecule has 3 aromatic carbocycles. The first-order chi connectivity index (χ1) is 10.3. The fourth-order valence-electron chi connectivity index (χ4n) is 2.79. The number of hydrogen-bond donors (Lipinski definition) is 1. The Bertz CT molecular complexity index is 798. The van der Waals surface area contributed by atoms with Crippen LogP contribution in [0.25, 0.3) is 10.8 Å². The lowest BCUT2D eigenvalue weighted by Gasteiger charge is -2.27. The summed E-state index contributed by atoms with van der Waals surface area (Å²) in [6.07, 6.45) is 0. The van der Waals surface area contributed by atoms with Crippen molar-refractivity contribution in [1.82, 2.24) is 0 Å². The molecule has 0 saturated carbocycles. The van der Waals surface area contributed by atoms with E-state index >= 15 is 0 Å². The minimum absolute atomic E-state index is 0.427. The predicted octanol–water partition coefficient (Wildman–Crippen LogP) is 5.75. The predicted molar refractivity (Wildman–Crippen MR) is 92.5 cm³/mol. The van der Waals surface area contributed by atoms with E-state index < -0.39 is 0 Å². The highest BCUT2D eigenvalue weighted by Crippen LogP contribution is 2.45. The molecule has 0 aliphatic carbocycles. The Labute approximate surface area is 133 Å². The lowest BCUT2D eigenvalue weighted by Crippen LogP contribution is -2.15. The van der Waals surface area contributed by atoms with Crippen molar-refractivity contribution in [3.8, 4) is 0 Å². The van der Waals surface area contributed by atoms with Gasteiger partial charge < -0.3 is 5.32 Å². The molecule has 1 nitrogen and oxygen atoms in total. The molecule has 0 aromatic heterocycles. The third-order valence-electron chi connectivity index (χ3n) is 3.87. The number of nitrogens with one attached hydrogen (secondary N) is 1. The maximum absolute atomic E-state index is 5.97. The van der Waals surface area contributed by atoms with E-state index in [-0.39, 0.29) is 0 Å². The third kappa shape index (κ3) is 2.39. The summed E-state index contributed by atoms with van der Waals surface area (Å²) in [5.41, 5.74) is 2.58. The summed E-state index contributed by atoms with van der Waals surface area (Å²) in [4.78, 5) is 1.32. The zero-order chi connectivity index (χ0) is 14.2. The summed E-state index contributed by atoms with van der Waals surface area (Å²) in [5.74, 6) is 0. The van der Waals surface area contributed by atoms with Crippen LogP contribution in [-0.4, -0.2) is 6.54 Å². The zero-order valence-electron chi connectivity index (χ0n) is 11.3. The van der Waals surface area contributed by atoms with Crippen LogP contribution in [0.2, 0.25) is 5.02 Å². The molecule has 0 spiro atoms. The number of fused-ring (bicyclic) bond motifs is 3. The molecule has 4 rings (SSSR count). The van der Waals surface area contributed by atoms with Crippen molar-refractivity contribution in [3.63, 3.8) is 0 Å². The number of anilines is 1. The molecule has 1 heterocycles. The van der Waals surface area contributed by atoms with Crippen LogP contribution < -0.4 is 5.32 Å². The molecule has 104 valence electrons. The van der Waals surface area contributed by atoms with Crippen molar-refractivity contribution in [2.45, 2.75) is 10.1 Å². The molecular weight excluding hydrogens is 298 g/mol. The number of thioether (sulfide) groups is 1. The van der Waals surface area contributed by atoms with E-state index in [1.165, 1.54) is 26.9 Å². The maximum Gasteiger partial charge on any atom is 0.0558 e. The van der Waals surface area contributed by atoms with Gasteiger partial charge in [-0.05, 0) is 29.1 Å². The number of hydrogen-bond acceptors (Lipinski definition) is 2. The van der Waals surface area contributed by atoms with Gasteiger partial charge in [0.05, 0.1) is 10.9 Å². The molecule has 0 bridgehead atoms. The first-order valence-corrected chi connectivity index (χ1v) is 8.25. The SMILES string of the molecule is Clc1ccc(C2CNc3c(ccc4ccccc34)S2)cc1. The van der Waals surface area contributed by atoms with Crippen LogP contribution in [0.3, 0.4) is 0 Å². The molecule has 1 unspecified atom stereocenters. The van der Waals surface area contributed by atoms with Crippen molar-refractivity contribution in [2.75, 3.05) is 11.9 Å². The van der Waals surface area contributed by atoms with Gasteiger partial charge in [-0.1, -0.05) is 54.1 Å². The Hall–Kier alpha value is -1.64. The third-order valence-corrected chi connectivity index (χ3v) is 5.44. The average molecular weight is 312 g/mol. The summed E-state index contributed by atoms with van der Waals surface area (Å²) >= 11 is 7.90. The second-order valence-corrected chi connectivity index (χ2v) is 6.88. The lowest BCUT2D eigenvalue weighted by molar-refractivity contribution is 0.968. The Balaban J connectivity index is 1.72. The Morgan fingerprint density at radius 1 is 0.952 bits per heavy atom. The monoisotopic (exact) mass is 311 g/mol. The molecule has 0 saturated heterocycles. The van der Waals surface area contributed by atoms with Gasteiger partial charge in [-0.25, -0.2) is 0 Å². The van der Waals surface area contributed by atoms with Crippen molar-refractivity contribution in [3.05, 3.63) is 71.2 Å². The van der Waals surface area contributed by atoms with Gasteiger partial charge in [0.1, 0.15) is 0 Å². The van der Waals surface area contributed by atoms with E-state index in [4.69, 9.17) is 11.6 Å². The van der Waals surface area contributed by atoms with Gasteiger partial charge in [0, 0.05) is 21.8 Å². The van der Waals surface area contributed by atoms with Gasteiger partial charge in [0.25, 0.3) is 0 Å². The van der Waals surface area contributed by atoms with Crippen LogP contribution >= 0.6 is 23.4 Å². The van der Waals surface area contributed by atoms with Gasteiger partial charge in [-0.3, -0.25) is 0 Å². The van der Waals surface area contributed by atoms with Crippen molar-refractivity contribution < 1.29 is 0 Å². The molecule has 1 aliphatic heterocycles. The topological polar surface area (TPSA) is 12.0 Å². The molecule has 3 aromatic rings. The fourth-order valence-corrected chi connectivity index (χ4v) is 4.12. The first kappa shape index (κ1) is 13.1. The molecule has 0 amide bonds. The van der Waals surface area contributed by atoms with Crippen molar-refractivity contribution in [1.29, 1.82) is 0 Å². The Morgan fingerprint density at radius 2 is 1.76 bits per heavy atom. The van der Waals surface area contributed by atoms with Crippen LogP contribution in [0.1, 0.15) is 10.8 Å². The van der Waals surface area contributed by atoms with Crippen LogP contribution in [0.15, 0.2) is 65.6 Å². The Morgan fingerprint density at radius 3 is 2.62 bits per heavy atom. The lowest BCUT2D eigenvalue weighted by atomic mass is 10.1. The molecule has 1 aliphatic rings. The average Bonchev–Trinajstić information content (AvgIpc) is 2.55. The largest absolute Gasteiger partial charge is 0.382 e. The molecule has 0 radical (unpaired) electrons. The van der Waals surface area contributed by atoms with E-state index in [0.29, 0.717) is 5.25 Å². The van der Waals surface area contributed by atoms with Gasteiger partial charge in [-0.2, -0.15) is 0 Å². The minimum Gasteiger partial charge on any atom is -0.382 e. The summed E-state index contributed by atoms with van der Waals surface area (Å²) in [5, 5.41) is 7.42. The van der Waals surface area contributed by atoms with Crippen molar-refractivity contribution in [2.24, 2.45) is 0 Å². The minimum atomic E-state index is 0.427. The van der Waals surface area contributed by atoms with Gasteiger partial charge in [-0.15, -0.1) is 11.8 Å². The van der Waals surface area contributed by atoms with Gasteiger partial charge >= 0.3 is 0 Å². The van der Waals surface area contributed by atoms with Crippen LogP contribution in [0.4, 0.5) is 5.69 Å². The smallest absolute Gasteiger partial charge is 0.0558 e. The normalized spacial score (nSPS) is 17.3. The maximum atomic E-state index is 5.97. The highest BCUT2D eigenvalue weighted by molar-refractivity contribution is 7.99. The number of benzene rings is 3. The van der Waals surface area contributed by atoms with Crippen LogP contribution in [0, 0.1) is 0 Å². The first-order valence-electron chi connectivity index (χ1n) is 6.99. The summed E-state index contributed by atoms with van der Waals surface area (Å²) < 4.78 is 0. The zero-order valence-corrected chi connectivity index (χ0v) is 12.9. The molecule has 1 atom stereocenters. The highest BCUT2D eigenvalue weighted by Gasteiger charge is 2.21. The van der Waals surface area contributed by atoms with Crippen molar-refractivity contribution >= 4 is 39.8 Å². The van der Waals surface area contributed by atoms with E-state index in [1.54, 1.807) is 0 Å². The van der Waals surface area contributed by atoms with E-state index in [9.17, 15) is 0 Å². The molecule has 3 heteroatoms. The number of halogens is 1. The quantitative estimate of drug-likeness (QED) is 0.614. The summed E-state index contributed by atoms with van der Waals surface area (Å²) in [6, 6.07) is 21.1. The van der Waals surface area contributed by atoms with E-state index in [2.05, 4.69) is 53.8 Å².